The maximum absolute atomic E-state index is 11.8. The summed E-state index contributed by atoms with van der Waals surface area (Å²) in [7, 11) is 0. The van der Waals surface area contributed by atoms with Crippen LogP contribution in [0.4, 0.5) is 11.4 Å². The molecule has 0 heterocycles. The summed E-state index contributed by atoms with van der Waals surface area (Å²) in [6.07, 6.45) is 5.68. The number of carbonyl (C=O) groups is 5. The van der Waals surface area contributed by atoms with Gasteiger partial charge in [-0.3, -0.25) is 24.0 Å². The van der Waals surface area contributed by atoms with Crippen molar-refractivity contribution in [2.45, 2.75) is 155 Å². The number of Topliss-reactive ketones (excluding diaryl/α,β-unsaturated/α-hetero) is 4. The van der Waals surface area contributed by atoms with E-state index in [1.807, 2.05) is 118 Å². The first kappa shape index (κ1) is 57.6. The Kier molecular flexibility index (Phi) is 25.9. The number of ketones is 4. The van der Waals surface area contributed by atoms with E-state index >= 15 is 0 Å². The van der Waals surface area contributed by atoms with Crippen LogP contribution in [0.15, 0.2) is 60.7 Å². The molecule has 0 aliphatic heterocycles. The highest BCUT2D eigenvalue weighted by molar-refractivity contribution is 5.85. The van der Waals surface area contributed by atoms with Crippen LogP contribution >= 0.6 is 0 Å². The molecule has 4 aromatic rings. The Bertz CT molecular complexity index is 2180. The van der Waals surface area contributed by atoms with Crippen LogP contribution in [0.2, 0.25) is 0 Å². The fraction of sp³-hybridized carbons (Fsp3) is 0.482. The normalized spacial score (nSPS) is 10.7. The number of hydrogen-bond acceptors (Lipinski definition) is 9. The Morgan fingerprint density at radius 1 is 0.492 bits per heavy atom. The Hall–Kier alpha value is -5.41. The van der Waals surface area contributed by atoms with Crippen LogP contribution in [0.5, 0.6) is 5.75 Å². The van der Waals surface area contributed by atoms with Gasteiger partial charge < -0.3 is 21.9 Å². The van der Waals surface area contributed by atoms with Crippen molar-refractivity contribution in [3.63, 3.8) is 0 Å². The molecule has 0 aliphatic carbocycles. The van der Waals surface area contributed by atoms with Crippen molar-refractivity contribution in [3.05, 3.63) is 122 Å². The first-order valence-electron chi connectivity index (χ1n) is 23.5. The second-order valence-corrected chi connectivity index (χ2v) is 18.0. The fourth-order valence-electron chi connectivity index (χ4n) is 7.17. The monoisotopic (exact) mass is 892 g/mol. The third-order valence-corrected chi connectivity index (χ3v) is 11.6. The molecule has 4 aromatic carbocycles. The van der Waals surface area contributed by atoms with Gasteiger partial charge in [0.15, 0.2) is 0 Å². The molecule has 0 aromatic heterocycles. The Labute approximate surface area is 391 Å². The highest BCUT2D eigenvalue weighted by Gasteiger charge is 2.16. The number of nitrogens with two attached hydrogens (primary N) is 3. The van der Waals surface area contributed by atoms with E-state index in [0.29, 0.717) is 56.0 Å². The molecule has 0 bridgehead atoms. The minimum Gasteiger partial charge on any atom is -0.429 e. The van der Waals surface area contributed by atoms with Gasteiger partial charge in [0, 0.05) is 67.3 Å². The topological polar surface area (TPSA) is 173 Å². The largest absolute Gasteiger partial charge is 0.429 e. The molecule has 6 N–H and O–H groups in total. The average Bonchev–Trinajstić information content (AvgIpc) is 3.25. The summed E-state index contributed by atoms with van der Waals surface area (Å²) < 4.78 is 4.79. The molecule has 0 spiro atoms. The number of ether oxygens (including phenoxy) is 1. The minimum absolute atomic E-state index is 0.0469. The van der Waals surface area contributed by atoms with Gasteiger partial charge in [-0.15, -0.1) is 0 Å². The lowest BCUT2D eigenvalue weighted by molar-refractivity contribution is -0.122. The molecule has 0 saturated heterocycles. The number of aryl methyl sites for hydroxylation is 5. The molecule has 9 heteroatoms. The molecule has 0 radical (unpaired) electrons. The van der Waals surface area contributed by atoms with E-state index in [-0.39, 0.29) is 35.2 Å². The minimum atomic E-state index is 0.0469. The molecule has 4 rings (SSSR count). The number of carbonyl (C=O) groups excluding carboxylic acids is 5. The molecular weight excluding hydrogens is 811 g/mol. The van der Waals surface area contributed by atoms with Crippen molar-refractivity contribution >= 4 is 41.0 Å². The van der Waals surface area contributed by atoms with Gasteiger partial charge in [0.2, 0.25) is 0 Å². The molecule has 0 saturated carbocycles. The summed E-state index contributed by atoms with van der Waals surface area (Å²) in [6.45, 7) is 28.8. The zero-order chi connectivity index (χ0) is 49.6. The van der Waals surface area contributed by atoms with Crippen LogP contribution in [-0.4, -0.2) is 29.6 Å². The predicted octanol–water partition coefficient (Wildman–Crippen LogP) is 10.8. The molecule has 9 nitrogen and oxygen atoms in total. The molecule has 356 valence electrons. The number of nitrogen functional groups attached to an aromatic ring is 2. The van der Waals surface area contributed by atoms with Crippen LogP contribution in [0, 0.1) is 37.5 Å². The first-order chi connectivity index (χ1) is 30.6. The van der Waals surface area contributed by atoms with E-state index in [1.54, 1.807) is 6.07 Å². The van der Waals surface area contributed by atoms with Gasteiger partial charge in [-0.2, -0.15) is 0 Å². The zero-order valence-electron chi connectivity index (χ0n) is 42.2. The van der Waals surface area contributed by atoms with Gasteiger partial charge in [0.25, 0.3) is 6.47 Å². The van der Waals surface area contributed by atoms with Gasteiger partial charge in [-0.1, -0.05) is 107 Å². The molecular formula is C56H81N3O6. The van der Waals surface area contributed by atoms with Crippen molar-refractivity contribution in [2.24, 2.45) is 29.4 Å². The fourth-order valence-corrected chi connectivity index (χ4v) is 7.17. The third-order valence-electron chi connectivity index (χ3n) is 11.6. The van der Waals surface area contributed by atoms with Gasteiger partial charge in [0.1, 0.15) is 28.9 Å². The second-order valence-electron chi connectivity index (χ2n) is 18.0. The number of benzene rings is 4. The highest BCUT2D eigenvalue weighted by atomic mass is 16.5. The van der Waals surface area contributed by atoms with E-state index in [0.717, 1.165) is 76.0 Å². The zero-order valence-corrected chi connectivity index (χ0v) is 42.2. The molecule has 0 fully saturated rings. The van der Waals surface area contributed by atoms with Gasteiger partial charge in [-0.05, 0) is 137 Å². The van der Waals surface area contributed by atoms with E-state index in [1.165, 1.54) is 22.3 Å². The molecule has 0 amide bonds. The van der Waals surface area contributed by atoms with Gasteiger partial charge in [0.05, 0.1) is 0 Å². The quantitative estimate of drug-likeness (QED) is 0.0612. The van der Waals surface area contributed by atoms with Crippen LogP contribution in [-0.2, 0) is 81.9 Å². The Morgan fingerprint density at radius 2 is 0.892 bits per heavy atom. The average molecular weight is 892 g/mol. The second kappa shape index (κ2) is 29.2. The lowest BCUT2D eigenvalue weighted by Gasteiger charge is -2.13. The maximum Gasteiger partial charge on any atom is 0.298 e. The molecule has 0 aliphatic rings. The Morgan fingerprint density at radius 3 is 1.31 bits per heavy atom. The van der Waals surface area contributed by atoms with Crippen LogP contribution in [0.25, 0.3) is 0 Å². The summed E-state index contributed by atoms with van der Waals surface area (Å²) in [5.74, 6) is 1.97. The molecule has 65 heavy (non-hydrogen) atoms. The maximum atomic E-state index is 11.8. The van der Waals surface area contributed by atoms with Crippen molar-refractivity contribution in [1.29, 1.82) is 0 Å². The third kappa shape index (κ3) is 19.7. The SMILES string of the molecule is CCc1c(C)cc(N)cc1CC(=O)C(C)C.CCc1cc(CN)ccc1CC(=O)C(C)C.CCc1cc(N)cc(C)c1CC(=O)C(C)C.CCc1cc(OC=O)ccc1CC(=O)C(C)C. The number of rotatable bonds is 19. The van der Waals surface area contributed by atoms with Crippen LogP contribution < -0.4 is 21.9 Å². The van der Waals surface area contributed by atoms with Crippen molar-refractivity contribution in [3.8, 4) is 5.75 Å². The van der Waals surface area contributed by atoms with E-state index in [9.17, 15) is 24.0 Å². The lowest BCUT2D eigenvalue weighted by atomic mass is 9.92. The summed E-state index contributed by atoms with van der Waals surface area (Å²) in [5.41, 5.74) is 31.4. The number of hydrogen-bond donors (Lipinski definition) is 3. The summed E-state index contributed by atoms with van der Waals surface area (Å²) in [4.78, 5) is 57.2. The summed E-state index contributed by atoms with van der Waals surface area (Å²) in [5, 5.41) is 0. The van der Waals surface area contributed by atoms with Crippen LogP contribution in [0.1, 0.15) is 144 Å². The smallest absolute Gasteiger partial charge is 0.298 e. The van der Waals surface area contributed by atoms with E-state index < -0.39 is 0 Å². The highest BCUT2D eigenvalue weighted by Crippen LogP contribution is 2.23. The summed E-state index contributed by atoms with van der Waals surface area (Å²) >= 11 is 0. The van der Waals surface area contributed by atoms with Gasteiger partial charge >= 0.3 is 0 Å². The van der Waals surface area contributed by atoms with E-state index in [4.69, 9.17) is 21.9 Å². The molecule has 0 atom stereocenters. The first-order valence-corrected chi connectivity index (χ1v) is 23.5. The lowest BCUT2D eigenvalue weighted by Crippen LogP contribution is -2.13. The van der Waals surface area contributed by atoms with Crippen LogP contribution in [0.3, 0.4) is 0 Å². The van der Waals surface area contributed by atoms with Crippen molar-refractivity contribution in [2.75, 3.05) is 11.5 Å². The summed E-state index contributed by atoms with van der Waals surface area (Å²) in [6, 6.07) is 19.4. The van der Waals surface area contributed by atoms with E-state index in [2.05, 4.69) is 33.8 Å². The Balaban J connectivity index is 0.000000433. The van der Waals surface area contributed by atoms with Crippen molar-refractivity contribution < 1.29 is 28.7 Å². The predicted molar refractivity (Wildman–Crippen MR) is 270 cm³/mol. The standard InChI is InChI=1S/3C14H21NO.C14H18O3/c1-5-13-10(4)6-12(15)7-11(13)8-14(16)9(2)3;1-5-11-7-12(15)6-10(4)13(11)8-14(16)9(2)3;1-4-12-7-11(9-15)5-6-13(12)8-14(16)10(2)3;1-4-11-7-13(17-9-15)6-5-12(11)8-14(16)10(2)3/h2*6-7,9H,5,8,15H2,1-4H3;5-7,10H,4,8-9,15H2,1-3H3;5-7,9-10H,4,8H2,1-3H3. The molecule has 0 unspecified atom stereocenters. The van der Waals surface area contributed by atoms with Crippen molar-refractivity contribution in [1.82, 2.24) is 0 Å². The van der Waals surface area contributed by atoms with Gasteiger partial charge in [-0.25, -0.2) is 0 Å². The number of anilines is 2.